The molecule has 21 heavy (non-hydrogen) atoms. The lowest BCUT2D eigenvalue weighted by Crippen LogP contribution is -2.22. The summed E-state index contributed by atoms with van der Waals surface area (Å²) in [4.78, 5) is 7.01. The number of methoxy groups -OCH3 is 1. The van der Waals surface area contributed by atoms with Crippen LogP contribution in [0.1, 0.15) is 44.4 Å². The molecule has 0 bridgehead atoms. The summed E-state index contributed by atoms with van der Waals surface area (Å²) in [5, 5.41) is 3.47. The molecule has 120 valence electrons. The van der Waals surface area contributed by atoms with Gasteiger partial charge >= 0.3 is 0 Å². The molecule has 0 spiro atoms. The molecule has 1 rings (SSSR count). The molecule has 0 aliphatic rings. The van der Waals surface area contributed by atoms with Crippen LogP contribution in [-0.4, -0.2) is 38.8 Å². The van der Waals surface area contributed by atoms with Crippen LogP contribution >= 0.6 is 0 Å². The molecule has 0 aromatic carbocycles. The van der Waals surface area contributed by atoms with E-state index in [2.05, 4.69) is 43.2 Å². The standard InChI is InChI=1S/C17H31N3O/c1-5-8-16-12-15(14-18-9-6-2)13-17(19-16)20(3)10-7-11-21-4/h12-13,18H,5-11,14H2,1-4H3. The Morgan fingerprint density at radius 3 is 2.71 bits per heavy atom. The summed E-state index contributed by atoms with van der Waals surface area (Å²) in [5.41, 5.74) is 2.53. The van der Waals surface area contributed by atoms with Crippen molar-refractivity contribution in [3.05, 3.63) is 23.4 Å². The molecule has 0 saturated heterocycles. The van der Waals surface area contributed by atoms with Crippen molar-refractivity contribution in [2.24, 2.45) is 0 Å². The van der Waals surface area contributed by atoms with E-state index in [4.69, 9.17) is 9.72 Å². The number of ether oxygens (including phenoxy) is 1. The number of aryl methyl sites for hydroxylation is 1. The molecule has 0 unspecified atom stereocenters. The van der Waals surface area contributed by atoms with Crippen LogP contribution in [0.15, 0.2) is 12.1 Å². The van der Waals surface area contributed by atoms with E-state index >= 15 is 0 Å². The minimum Gasteiger partial charge on any atom is -0.385 e. The molecule has 0 radical (unpaired) electrons. The highest BCUT2D eigenvalue weighted by Crippen LogP contribution is 2.16. The van der Waals surface area contributed by atoms with Gasteiger partial charge in [0.15, 0.2) is 0 Å². The quantitative estimate of drug-likeness (QED) is 0.636. The van der Waals surface area contributed by atoms with Crippen LogP contribution < -0.4 is 10.2 Å². The van der Waals surface area contributed by atoms with Gasteiger partial charge in [0.25, 0.3) is 0 Å². The average Bonchev–Trinajstić information content (AvgIpc) is 2.48. The molecule has 0 saturated carbocycles. The van der Waals surface area contributed by atoms with E-state index in [1.807, 2.05) is 0 Å². The van der Waals surface area contributed by atoms with Crippen LogP contribution in [-0.2, 0) is 17.7 Å². The van der Waals surface area contributed by atoms with Crippen molar-refractivity contribution in [1.29, 1.82) is 0 Å². The van der Waals surface area contributed by atoms with E-state index in [1.54, 1.807) is 7.11 Å². The first-order valence-corrected chi connectivity index (χ1v) is 8.11. The van der Waals surface area contributed by atoms with Crippen molar-refractivity contribution >= 4 is 5.82 Å². The predicted octanol–water partition coefficient (Wildman–Crippen LogP) is 3.01. The molecule has 1 aromatic rings. The lowest BCUT2D eigenvalue weighted by Gasteiger charge is -2.20. The highest BCUT2D eigenvalue weighted by molar-refractivity contribution is 5.42. The molecular formula is C17H31N3O. The molecule has 0 atom stereocenters. The Bertz CT molecular complexity index is 396. The Labute approximate surface area is 129 Å². The van der Waals surface area contributed by atoms with Crippen molar-refractivity contribution < 1.29 is 4.74 Å². The first kappa shape index (κ1) is 17.9. The largest absolute Gasteiger partial charge is 0.385 e. The summed E-state index contributed by atoms with van der Waals surface area (Å²) in [6.07, 6.45) is 4.36. The van der Waals surface area contributed by atoms with Gasteiger partial charge in [-0.1, -0.05) is 20.3 Å². The average molecular weight is 293 g/mol. The minimum atomic E-state index is 0.796. The van der Waals surface area contributed by atoms with Crippen LogP contribution in [0, 0.1) is 0 Å². The van der Waals surface area contributed by atoms with Gasteiger partial charge in [0.05, 0.1) is 0 Å². The molecule has 0 amide bonds. The van der Waals surface area contributed by atoms with Gasteiger partial charge in [0.1, 0.15) is 5.82 Å². The normalized spacial score (nSPS) is 10.9. The first-order valence-electron chi connectivity index (χ1n) is 8.11. The highest BCUT2D eigenvalue weighted by Gasteiger charge is 2.07. The van der Waals surface area contributed by atoms with Gasteiger partial charge in [0, 0.05) is 39.5 Å². The monoisotopic (exact) mass is 293 g/mol. The van der Waals surface area contributed by atoms with Crippen LogP contribution in [0.3, 0.4) is 0 Å². The summed E-state index contributed by atoms with van der Waals surface area (Å²) < 4.78 is 5.12. The number of rotatable bonds is 11. The second-order valence-electron chi connectivity index (χ2n) is 5.52. The summed E-state index contributed by atoms with van der Waals surface area (Å²) >= 11 is 0. The van der Waals surface area contributed by atoms with Crippen molar-refractivity contribution in [1.82, 2.24) is 10.3 Å². The summed E-state index contributed by atoms with van der Waals surface area (Å²) in [5.74, 6) is 1.07. The topological polar surface area (TPSA) is 37.4 Å². The Hall–Kier alpha value is -1.13. The van der Waals surface area contributed by atoms with E-state index in [0.717, 1.165) is 57.7 Å². The van der Waals surface area contributed by atoms with Gasteiger partial charge in [-0.3, -0.25) is 0 Å². The van der Waals surface area contributed by atoms with Crippen LogP contribution in [0.2, 0.25) is 0 Å². The van der Waals surface area contributed by atoms with Crippen molar-refractivity contribution in [2.75, 3.05) is 38.8 Å². The van der Waals surface area contributed by atoms with Gasteiger partial charge in [-0.15, -0.1) is 0 Å². The first-order chi connectivity index (χ1) is 10.2. The maximum atomic E-state index is 5.12. The van der Waals surface area contributed by atoms with E-state index < -0.39 is 0 Å². The summed E-state index contributed by atoms with van der Waals surface area (Å²) in [6, 6.07) is 4.44. The summed E-state index contributed by atoms with van der Waals surface area (Å²) in [6.45, 7) is 8.14. The zero-order chi connectivity index (χ0) is 15.5. The Balaban J connectivity index is 2.75. The third-order valence-electron chi connectivity index (χ3n) is 3.42. The fourth-order valence-electron chi connectivity index (χ4n) is 2.29. The third-order valence-corrected chi connectivity index (χ3v) is 3.42. The SMILES string of the molecule is CCCNCc1cc(CCC)nc(N(C)CCCOC)c1. The number of nitrogens with one attached hydrogen (secondary N) is 1. The Morgan fingerprint density at radius 2 is 2.05 bits per heavy atom. The van der Waals surface area contributed by atoms with Gasteiger partial charge in [0.2, 0.25) is 0 Å². The highest BCUT2D eigenvalue weighted by atomic mass is 16.5. The number of nitrogens with zero attached hydrogens (tertiary/aromatic N) is 2. The molecule has 1 aromatic heterocycles. The molecule has 0 aliphatic carbocycles. The second-order valence-corrected chi connectivity index (χ2v) is 5.52. The zero-order valence-corrected chi connectivity index (χ0v) is 14.1. The van der Waals surface area contributed by atoms with Crippen LogP contribution in [0.5, 0.6) is 0 Å². The molecule has 1 N–H and O–H groups in total. The smallest absolute Gasteiger partial charge is 0.128 e. The maximum Gasteiger partial charge on any atom is 0.128 e. The fourth-order valence-corrected chi connectivity index (χ4v) is 2.29. The van der Waals surface area contributed by atoms with Crippen molar-refractivity contribution in [3.8, 4) is 0 Å². The zero-order valence-electron chi connectivity index (χ0n) is 14.1. The van der Waals surface area contributed by atoms with Gasteiger partial charge in [-0.05, 0) is 43.5 Å². The molecule has 4 nitrogen and oxygen atoms in total. The Kier molecular flexibility index (Phi) is 9.02. The maximum absolute atomic E-state index is 5.12. The lowest BCUT2D eigenvalue weighted by atomic mass is 10.1. The Morgan fingerprint density at radius 1 is 1.24 bits per heavy atom. The minimum absolute atomic E-state index is 0.796. The molecule has 1 heterocycles. The van der Waals surface area contributed by atoms with E-state index in [0.29, 0.717) is 0 Å². The van der Waals surface area contributed by atoms with Gasteiger partial charge in [-0.25, -0.2) is 4.98 Å². The van der Waals surface area contributed by atoms with Gasteiger partial charge in [-0.2, -0.15) is 0 Å². The molecule has 0 fully saturated rings. The van der Waals surface area contributed by atoms with Crippen molar-refractivity contribution in [2.45, 2.75) is 46.1 Å². The number of anilines is 1. The second kappa shape index (κ2) is 10.6. The lowest BCUT2D eigenvalue weighted by molar-refractivity contribution is 0.196. The number of pyridine rings is 1. The van der Waals surface area contributed by atoms with E-state index in [-0.39, 0.29) is 0 Å². The third kappa shape index (κ3) is 6.91. The van der Waals surface area contributed by atoms with Gasteiger partial charge < -0.3 is 15.0 Å². The van der Waals surface area contributed by atoms with Crippen LogP contribution in [0.25, 0.3) is 0 Å². The van der Waals surface area contributed by atoms with E-state index in [9.17, 15) is 0 Å². The number of hydrogen-bond donors (Lipinski definition) is 1. The summed E-state index contributed by atoms with van der Waals surface area (Å²) in [7, 11) is 3.86. The molecule has 0 aliphatic heterocycles. The van der Waals surface area contributed by atoms with Crippen LogP contribution in [0.4, 0.5) is 5.82 Å². The molecule has 4 heteroatoms. The predicted molar refractivity (Wildman–Crippen MR) is 90.0 cm³/mol. The van der Waals surface area contributed by atoms with Crippen molar-refractivity contribution in [3.63, 3.8) is 0 Å². The fraction of sp³-hybridized carbons (Fsp3) is 0.706. The molecular weight excluding hydrogens is 262 g/mol. The number of hydrogen-bond acceptors (Lipinski definition) is 4. The number of aromatic nitrogens is 1. The van der Waals surface area contributed by atoms with E-state index in [1.165, 1.54) is 11.3 Å².